The summed E-state index contributed by atoms with van der Waals surface area (Å²) >= 11 is 0. The number of aliphatic hydroxyl groups is 1. The maximum Gasteiger partial charge on any atom is 0.246 e. The third-order valence-electron chi connectivity index (χ3n) is 7.54. The first-order valence-corrected chi connectivity index (χ1v) is 12.8. The molecule has 1 saturated carbocycles. The van der Waals surface area contributed by atoms with Crippen LogP contribution in [0.3, 0.4) is 0 Å². The van der Waals surface area contributed by atoms with E-state index in [0.29, 0.717) is 19.1 Å². The summed E-state index contributed by atoms with van der Waals surface area (Å²) in [5.41, 5.74) is 3.20. The quantitative estimate of drug-likeness (QED) is 0.504. The van der Waals surface area contributed by atoms with Crippen molar-refractivity contribution in [2.45, 2.75) is 64.6 Å². The van der Waals surface area contributed by atoms with Crippen LogP contribution < -0.4 is 5.32 Å². The Kier molecular flexibility index (Phi) is 8.24. The van der Waals surface area contributed by atoms with E-state index in [-0.39, 0.29) is 30.0 Å². The second-order valence-electron chi connectivity index (χ2n) is 10.7. The number of fused-ring (bicyclic) bond motifs is 1. The number of amides is 1. The van der Waals surface area contributed by atoms with Gasteiger partial charge in [-0.05, 0) is 60.6 Å². The molecule has 0 saturated heterocycles. The number of ether oxygens (including phenoxy) is 1. The number of para-hydroxylation sites is 2. The van der Waals surface area contributed by atoms with Crippen molar-refractivity contribution in [1.82, 2.24) is 14.9 Å². The van der Waals surface area contributed by atoms with E-state index in [2.05, 4.69) is 48.4 Å². The molecule has 1 fully saturated rings. The van der Waals surface area contributed by atoms with Crippen LogP contribution in [0.25, 0.3) is 11.0 Å². The minimum absolute atomic E-state index is 0.0104. The van der Waals surface area contributed by atoms with Crippen molar-refractivity contribution >= 4 is 16.9 Å². The Labute approximate surface area is 208 Å². The van der Waals surface area contributed by atoms with Crippen LogP contribution in [0.15, 0.2) is 54.6 Å². The maximum absolute atomic E-state index is 12.7. The zero-order valence-corrected chi connectivity index (χ0v) is 21.2. The molecule has 1 aromatic heterocycles. The second-order valence-corrected chi connectivity index (χ2v) is 10.7. The minimum atomic E-state index is -0.289. The maximum atomic E-state index is 12.7. The third kappa shape index (κ3) is 6.71. The number of aryl methyl sites for hydroxylation is 1. The molecule has 188 valence electrons. The summed E-state index contributed by atoms with van der Waals surface area (Å²) in [6.45, 7) is 5.40. The lowest BCUT2D eigenvalue weighted by atomic mass is 9.74. The number of carbonyl (C=O) groups excluding carboxylic acids is 1. The first kappa shape index (κ1) is 25.4. The fourth-order valence-electron chi connectivity index (χ4n) is 5.44. The molecule has 6 nitrogen and oxygen atoms in total. The fraction of sp³-hybridized carbons (Fsp3) is 0.517. The number of rotatable bonds is 7. The topological polar surface area (TPSA) is 76.4 Å². The minimum Gasteiger partial charge on any atom is -0.393 e. The highest BCUT2D eigenvalue weighted by Gasteiger charge is 2.33. The van der Waals surface area contributed by atoms with E-state index in [1.807, 2.05) is 41.9 Å². The van der Waals surface area contributed by atoms with Gasteiger partial charge >= 0.3 is 0 Å². The number of imidazole rings is 1. The molecule has 6 heteroatoms. The van der Waals surface area contributed by atoms with Gasteiger partial charge in [0.2, 0.25) is 5.91 Å². The molecule has 2 N–H and O–H groups in total. The molecular weight excluding hydrogens is 438 g/mol. The molecular formula is C29H39N3O3. The zero-order chi connectivity index (χ0) is 24.8. The van der Waals surface area contributed by atoms with Crippen LogP contribution in [0, 0.1) is 11.3 Å². The predicted molar refractivity (Wildman–Crippen MR) is 139 cm³/mol. The Hall–Kier alpha value is -2.70. The summed E-state index contributed by atoms with van der Waals surface area (Å²) in [5.74, 6) is 1.44. The van der Waals surface area contributed by atoms with Crippen LogP contribution >= 0.6 is 0 Å². The Balaban J connectivity index is 1.34. The van der Waals surface area contributed by atoms with Gasteiger partial charge in [0.05, 0.1) is 17.1 Å². The van der Waals surface area contributed by atoms with Crippen LogP contribution in [0.1, 0.15) is 63.3 Å². The monoisotopic (exact) mass is 477 g/mol. The van der Waals surface area contributed by atoms with Gasteiger partial charge in [-0.2, -0.15) is 0 Å². The van der Waals surface area contributed by atoms with Crippen molar-refractivity contribution in [1.29, 1.82) is 0 Å². The van der Waals surface area contributed by atoms with Gasteiger partial charge in [-0.3, -0.25) is 4.79 Å². The molecule has 0 unspecified atom stereocenters. The number of hydrogen-bond acceptors (Lipinski definition) is 4. The highest BCUT2D eigenvalue weighted by atomic mass is 16.5. The van der Waals surface area contributed by atoms with E-state index in [0.717, 1.165) is 49.0 Å². The van der Waals surface area contributed by atoms with E-state index in [4.69, 9.17) is 4.74 Å². The number of hydrogen-bond donors (Lipinski definition) is 2. The van der Waals surface area contributed by atoms with E-state index >= 15 is 0 Å². The standard InChI is InChI=1S/C29H39N3O3/c1-21-13-14-29(2,17-23(16-24(33)15-21)22-9-5-4-6-10-22)20-30-28(34)19-35-18-27-31-25-11-7-8-12-26(25)32(27)3/h4-12,21,23-24,33H,13-20H2,1-3H3,(H,30,34)/t21-,23-,24+,29+/m1/s1. The average Bonchev–Trinajstić information content (AvgIpc) is 3.19. The van der Waals surface area contributed by atoms with Crippen LogP contribution in [0.4, 0.5) is 0 Å². The van der Waals surface area contributed by atoms with Gasteiger partial charge in [0, 0.05) is 13.6 Å². The molecule has 1 aliphatic carbocycles. The molecule has 0 radical (unpaired) electrons. The third-order valence-corrected chi connectivity index (χ3v) is 7.54. The number of aromatic nitrogens is 2. The van der Waals surface area contributed by atoms with Crippen LogP contribution in [0.5, 0.6) is 0 Å². The first-order chi connectivity index (χ1) is 16.8. The summed E-state index contributed by atoms with van der Waals surface area (Å²) in [7, 11) is 1.97. The molecule has 2 aromatic carbocycles. The number of aliphatic hydroxyl groups excluding tert-OH is 1. The molecule has 35 heavy (non-hydrogen) atoms. The highest BCUT2D eigenvalue weighted by molar-refractivity contribution is 5.77. The lowest BCUT2D eigenvalue weighted by Gasteiger charge is -2.34. The second kappa shape index (κ2) is 11.4. The van der Waals surface area contributed by atoms with Crippen LogP contribution in [-0.2, 0) is 23.2 Å². The smallest absolute Gasteiger partial charge is 0.246 e. The predicted octanol–water partition coefficient (Wildman–Crippen LogP) is 4.96. The summed E-state index contributed by atoms with van der Waals surface area (Å²) in [6.07, 6.45) is 4.31. The summed E-state index contributed by atoms with van der Waals surface area (Å²) < 4.78 is 7.73. The van der Waals surface area contributed by atoms with Crippen LogP contribution in [-0.4, -0.2) is 39.8 Å². The summed E-state index contributed by atoms with van der Waals surface area (Å²) in [5, 5.41) is 13.8. The molecule has 0 bridgehead atoms. The Morgan fingerprint density at radius 2 is 1.91 bits per heavy atom. The largest absolute Gasteiger partial charge is 0.393 e. The lowest BCUT2D eigenvalue weighted by molar-refractivity contribution is -0.126. The van der Waals surface area contributed by atoms with Crippen molar-refractivity contribution in [3.8, 4) is 0 Å². The van der Waals surface area contributed by atoms with E-state index in [1.54, 1.807) is 0 Å². The number of nitrogens with one attached hydrogen (secondary N) is 1. The Bertz CT molecular complexity index is 1110. The molecule has 4 rings (SSSR count). The molecule has 0 aliphatic heterocycles. The van der Waals surface area contributed by atoms with E-state index < -0.39 is 0 Å². The zero-order valence-electron chi connectivity index (χ0n) is 21.2. The summed E-state index contributed by atoms with van der Waals surface area (Å²) in [4.78, 5) is 17.3. The SMILES string of the molecule is C[C@@H]1CC[C@](C)(CNC(=O)COCc2nc3ccccc3n2C)C[C@H](c2ccccc2)C[C@@H](O)C1. The first-order valence-electron chi connectivity index (χ1n) is 12.8. The number of carbonyl (C=O) groups is 1. The average molecular weight is 478 g/mol. The van der Waals surface area contributed by atoms with Crippen LogP contribution in [0.2, 0.25) is 0 Å². The molecule has 3 aromatic rings. The molecule has 1 amide bonds. The van der Waals surface area contributed by atoms with Crippen molar-refractivity contribution in [2.24, 2.45) is 18.4 Å². The van der Waals surface area contributed by atoms with Gasteiger partial charge in [-0.25, -0.2) is 4.98 Å². The van der Waals surface area contributed by atoms with Gasteiger partial charge < -0.3 is 19.7 Å². The summed E-state index contributed by atoms with van der Waals surface area (Å²) in [6, 6.07) is 18.4. The Morgan fingerprint density at radius 1 is 1.17 bits per heavy atom. The normalized spacial score (nSPS) is 25.5. The van der Waals surface area contributed by atoms with Gasteiger partial charge in [0.1, 0.15) is 19.0 Å². The number of benzene rings is 2. The van der Waals surface area contributed by atoms with E-state index in [1.165, 1.54) is 5.56 Å². The molecule has 4 atom stereocenters. The van der Waals surface area contributed by atoms with E-state index in [9.17, 15) is 9.90 Å². The molecule has 1 aliphatic rings. The number of nitrogens with zero attached hydrogens (tertiary/aromatic N) is 2. The molecule has 0 spiro atoms. The van der Waals surface area contributed by atoms with Gasteiger partial charge in [-0.1, -0.05) is 62.7 Å². The molecule has 1 heterocycles. The van der Waals surface area contributed by atoms with Gasteiger partial charge in [-0.15, -0.1) is 0 Å². The van der Waals surface area contributed by atoms with Gasteiger partial charge in [0.15, 0.2) is 0 Å². The van der Waals surface area contributed by atoms with Crippen molar-refractivity contribution in [3.63, 3.8) is 0 Å². The van der Waals surface area contributed by atoms with Crippen molar-refractivity contribution < 1.29 is 14.6 Å². The lowest BCUT2D eigenvalue weighted by Crippen LogP contribution is -2.38. The fourth-order valence-corrected chi connectivity index (χ4v) is 5.44. The van der Waals surface area contributed by atoms with Crippen molar-refractivity contribution in [2.75, 3.05) is 13.2 Å². The Morgan fingerprint density at radius 3 is 2.69 bits per heavy atom. The van der Waals surface area contributed by atoms with Crippen molar-refractivity contribution in [3.05, 3.63) is 66.0 Å². The highest BCUT2D eigenvalue weighted by Crippen LogP contribution is 2.41. The van der Waals surface area contributed by atoms with Gasteiger partial charge in [0.25, 0.3) is 0 Å².